The van der Waals surface area contributed by atoms with Crippen molar-refractivity contribution in [1.29, 1.82) is 0 Å². The number of nitro groups is 1. The molecule has 116 valence electrons. The third kappa shape index (κ3) is 4.99. The minimum Gasteiger partial charge on any atom is -0.492 e. The first-order valence-electron chi connectivity index (χ1n) is 7.25. The van der Waals surface area contributed by atoms with Crippen LogP contribution in [-0.4, -0.2) is 37.8 Å². The molecule has 1 aromatic carbocycles. The number of ether oxygens (including phenoxy) is 2. The molecule has 0 unspecified atom stereocenters. The molecule has 0 radical (unpaired) electrons. The molecule has 0 aliphatic carbocycles. The number of rotatable bonds is 7. The number of hydrogen-bond acceptors (Lipinski definition) is 5. The monoisotopic (exact) mass is 294 g/mol. The third-order valence-electron chi connectivity index (χ3n) is 3.85. The van der Waals surface area contributed by atoms with E-state index in [1.54, 1.807) is 12.1 Å². The highest BCUT2D eigenvalue weighted by atomic mass is 16.6. The lowest BCUT2D eigenvalue weighted by Crippen LogP contribution is -2.38. The van der Waals surface area contributed by atoms with Crippen molar-refractivity contribution in [3.63, 3.8) is 0 Å². The van der Waals surface area contributed by atoms with E-state index in [0.717, 1.165) is 39.1 Å². The first kappa shape index (κ1) is 15.7. The standard InChI is InChI=1S/C15H22N2O4/c1-15(6-9-20-10-7-15)12-16-8-11-21-14-4-2-13(3-5-14)17(18)19/h2-5,16H,6-12H2,1H3. The highest BCUT2D eigenvalue weighted by Gasteiger charge is 2.26. The molecule has 1 N–H and O–H groups in total. The maximum Gasteiger partial charge on any atom is 0.269 e. The summed E-state index contributed by atoms with van der Waals surface area (Å²) in [5.74, 6) is 0.652. The van der Waals surface area contributed by atoms with Gasteiger partial charge in [0, 0.05) is 38.4 Å². The zero-order valence-electron chi connectivity index (χ0n) is 12.3. The van der Waals surface area contributed by atoms with Crippen LogP contribution >= 0.6 is 0 Å². The third-order valence-corrected chi connectivity index (χ3v) is 3.85. The van der Waals surface area contributed by atoms with E-state index in [-0.39, 0.29) is 5.69 Å². The van der Waals surface area contributed by atoms with Gasteiger partial charge in [-0.3, -0.25) is 10.1 Å². The van der Waals surface area contributed by atoms with Gasteiger partial charge in [-0.2, -0.15) is 0 Å². The van der Waals surface area contributed by atoms with Gasteiger partial charge in [-0.15, -0.1) is 0 Å². The Morgan fingerprint density at radius 1 is 1.33 bits per heavy atom. The SMILES string of the molecule is CC1(CNCCOc2ccc([N+](=O)[O-])cc2)CCOCC1. The molecular weight excluding hydrogens is 272 g/mol. The van der Waals surface area contributed by atoms with Crippen molar-refractivity contribution < 1.29 is 14.4 Å². The molecule has 1 fully saturated rings. The van der Waals surface area contributed by atoms with Crippen molar-refractivity contribution in [3.05, 3.63) is 34.4 Å². The van der Waals surface area contributed by atoms with Crippen molar-refractivity contribution in [1.82, 2.24) is 5.32 Å². The largest absolute Gasteiger partial charge is 0.492 e. The van der Waals surface area contributed by atoms with E-state index in [1.807, 2.05) is 0 Å². The number of nitrogens with one attached hydrogen (secondary N) is 1. The molecule has 6 heteroatoms. The lowest BCUT2D eigenvalue weighted by atomic mass is 9.82. The van der Waals surface area contributed by atoms with Crippen LogP contribution in [0.15, 0.2) is 24.3 Å². The number of benzene rings is 1. The lowest BCUT2D eigenvalue weighted by Gasteiger charge is -2.33. The van der Waals surface area contributed by atoms with E-state index in [4.69, 9.17) is 9.47 Å². The van der Waals surface area contributed by atoms with Gasteiger partial charge < -0.3 is 14.8 Å². The van der Waals surface area contributed by atoms with Gasteiger partial charge >= 0.3 is 0 Å². The normalized spacial score (nSPS) is 17.4. The van der Waals surface area contributed by atoms with E-state index >= 15 is 0 Å². The average Bonchev–Trinajstić information content (AvgIpc) is 2.48. The predicted octanol–water partition coefficient (Wildman–Crippen LogP) is 2.38. The Balaban J connectivity index is 1.64. The van der Waals surface area contributed by atoms with Gasteiger partial charge in [0.2, 0.25) is 0 Å². The molecule has 0 spiro atoms. The molecular formula is C15H22N2O4. The van der Waals surface area contributed by atoms with Crippen LogP contribution in [0.5, 0.6) is 5.75 Å². The number of nitrogens with zero attached hydrogens (tertiary/aromatic N) is 1. The molecule has 2 rings (SSSR count). The quantitative estimate of drug-likeness (QED) is 0.475. The van der Waals surface area contributed by atoms with Crippen LogP contribution in [0.4, 0.5) is 5.69 Å². The fourth-order valence-electron chi connectivity index (χ4n) is 2.34. The maximum atomic E-state index is 10.5. The summed E-state index contributed by atoms with van der Waals surface area (Å²) in [6.45, 7) is 6.23. The van der Waals surface area contributed by atoms with Crippen LogP contribution < -0.4 is 10.1 Å². The zero-order valence-corrected chi connectivity index (χ0v) is 12.3. The zero-order chi connectivity index (χ0) is 15.1. The van der Waals surface area contributed by atoms with Crippen molar-refractivity contribution in [3.8, 4) is 5.75 Å². The maximum absolute atomic E-state index is 10.5. The first-order valence-corrected chi connectivity index (χ1v) is 7.25. The van der Waals surface area contributed by atoms with Crippen LogP contribution in [0.25, 0.3) is 0 Å². The molecule has 1 aliphatic heterocycles. The average molecular weight is 294 g/mol. The summed E-state index contributed by atoms with van der Waals surface area (Å²) in [6, 6.07) is 6.15. The van der Waals surface area contributed by atoms with Gasteiger partial charge in [0.15, 0.2) is 0 Å². The number of hydrogen-bond donors (Lipinski definition) is 1. The van der Waals surface area contributed by atoms with Gasteiger partial charge in [-0.25, -0.2) is 0 Å². The van der Waals surface area contributed by atoms with Gasteiger partial charge in [0.1, 0.15) is 12.4 Å². The van der Waals surface area contributed by atoms with Crippen molar-refractivity contribution in [2.24, 2.45) is 5.41 Å². The highest BCUT2D eigenvalue weighted by Crippen LogP contribution is 2.28. The van der Waals surface area contributed by atoms with E-state index in [2.05, 4.69) is 12.2 Å². The molecule has 1 saturated heterocycles. The van der Waals surface area contributed by atoms with Gasteiger partial charge in [0.25, 0.3) is 5.69 Å². The fraction of sp³-hybridized carbons (Fsp3) is 0.600. The molecule has 21 heavy (non-hydrogen) atoms. The summed E-state index contributed by atoms with van der Waals surface area (Å²) in [4.78, 5) is 10.1. The molecule has 0 amide bonds. The van der Waals surface area contributed by atoms with Crippen LogP contribution in [0, 0.1) is 15.5 Å². The summed E-state index contributed by atoms with van der Waals surface area (Å²) in [5, 5.41) is 13.9. The Bertz CT molecular complexity index is 455. The second-order valence-corrected chi connectivity index (χ2v) is 5.70. The van der Waals surface area contributed by atoms with E-state index in [1.165, 1.54) is 12.1 Å². The minimum absolute atomic E-state index is 0.0768. The minimum atomic E-state index is -0.417. The summed E-state index contributed by atoms with van der Waals surface area (Å²) >= 11 is 0. The smallest absolute Gasteiger partial charge is 0.269 e. The molecule has 0 bridgehead atoms. The summed E-state index contributed by atoms with van der Waals surface area (Å²) in [5.41, 5.74) is 0.388. The van der Waals surface area contributed by atoms with E-state index in [0.29, 0.717) is 17.8 Å². The molecule has 1 aliphatic rings. The molecule has 1 heterocycles. The summed E-state index contributed by atoms with van der Waals surface area (Å²) < 4.78 is 10.9. The molecule has 0 atom stereocenters. The first-order chi connectivity index (χ1) is 10.1. The van der Waals surface area contributed by atoms with Gasteiger partial charge in [-0.1, -0.05) is 6.92 Å². The number of non-ortho nitro benzene ring substituents is 1. The highest BCUT2D eigenvalue weighted by molar-refractivity contribution is 5.35. The van der Waals surface area contributed by atoms with E-state index in [9.17, 15) is 10.1 Å². The second kappa shape index (κ2) is 7.38. The van der Waals surface area contributed by atoms with Gasteiger partial charge in [-0.05, 0) is 30.4 Å². The van der Waals surface area contributed by atoms with Crippen LogP contribution in [-0.2, 0) is 4.74 Å². The second-order valence-electron chi connectivity index (χ2n) is 5.70. The molecule has 0 saturated carbocycles. The Morgan fingerprint density at radius 3 is 2.62 bits per heavy atom. The van der Waals surface area contributed by atoms with Crippen molar-refractivity contribution in [2.75, 3.05) is 32.9 Å². The van der Waals surface area contributed by atoms with Crippen LogP contribution in [0.1, 0.15) is 19.8 Å². The fourth-order valence-corrected chi connectivity index (χ4v) is 2.34. The molecule has 6 nitrogen and oxygen atoms in total. The molecule has 0 aromatic heterocycles. The Hall–Kier alpha value is -1.66. The van der Waals surface area contributed by atoms with Crippen LogP contribution in [0.2, 0.25) is 0 Å². The topological polar surface area (TPSA) is 73.6 Å². The van der Waals surface area contributed by atoms with Crippen LogP contribution in [0.3, 0.4) is 0 Å². The van der Waals surface area contributed by atoms with Crippen molar-refractivity contribution >= 4 is 5.69 Å². The molecule has 1 aromatic rings. The van der Waals surface area contributed by atoms with Crippen molar-refractivity contribution in [2.45, 2.75) is 19.8 Å². The number of nitro benzene ring substituents is 1. The Kier molecular flexibility index (Phi) is 5.52. The predicted molar refractivity (Wildman–Crippen MR) is 79.6 cm³/mol. The summed E-state index contributed by atoms with van der Waals surface area (Å²) in [7, 11) is 0. The Morgan fingerprint density at radius 2 is 2.00 bits per heavy atom. The van der Waals surface area contributed by atoms with E-state index < -0.39 is 4.92 Å². The lowest BCUT2D eigenvalue weighted by molar-refractivity contribution is -0.384. The summed E-state index contributed by atoms with van der Waals surface area (Å²) in [6.07, 6.45) is 2.17. The Labute approximate surface area is 124 Å². The van der Waals surface area contributed by atoms with Gasteiger partial charge in [0.05, 0.1) is 4.92 Å².